The molecule has 0 heterocycles. The van der Waals surface area contributed by atoms with Gasteiger partial charge in [-0.1, -0.05) is 13.0 Å². The Hall–Kier alpha value is -1.51. The summed E-state index contributed by atoms with van der Waals surface area (Å²) in [6.45, 7) is 1.88. The first-order valence-electron chi connectivity index (χ1n) is 9.68. The fraction of sp³-hybridized carbons (Fsp3) is 0.611. The van der Waals surface area contributed by atoms with Crippen LogP contribution >= 0.6 is 0 Å². The standard InChI is InChI=1S/C18H22O3/c1-18-9-8-11-10-4-6-15(19)17(21)13(10)3-2-12(11)14(18)5-7-16(18)20/h4,6,11-12,14,19,21H,2-3,5,7-9H2,1H3/t11-,12-,14+,18+/m0/s1/i4D,6D,7D2. The van der Waals surface area contributed by atoms with Crippen molar-refractivity contribution in [1.82, 2.24) is 0 Å². The van der Waals surface area contributed by atoms with E-state index in [9.17, 15) is 15.0 Å². The van der Waals surface area contributed by atoms with E-state index < -0.39 is 17.5 Å². The maximum atomic E-state index is 12.6. The maximum absolute atomic E-state index is 12.6. The Morgan fingerprint density at radius 1 is 1.33 bits per heavy atom. The number of carbonyl (C=O) groups excluding carboxylic acids is 1. The van der Waals surface area contributed by atoms with Crippen LogP contribution in [0.2, 0.25) is 0 Å². The van der Waals surface area contributed by atoms with E-state index >= 15 is 0 Å². The monoisotopic (exact) mass is 290 g/mol. The highest BCUT2D eigenvalue weighted by molar-refractivity contribution is 5.87. The molecule has 3 aliphatic carbocycles. The minimum atomic E-state index is -1.80. The van der Waals surface area contributed by atoms with Gasteiger partial charge in [0.2, 0.25) is 0 Å². The molecule has 1 aromatic rings. The van der Waals surface area contributed by atoms with E-state index in [-0.39, 0.29) is 47.8 Å². The third-order valence-corrected chi connectivity index (χ3v) is 6.08. The van der Waals surface area contributed by atoms with Crippen molar-refractivity contribution in [2.45, 2.75) is 51.3 Å². The Morgan fingerprint density at radius 3 is 2.95 bits per heavy atom. The van der Waals surface area contributed by atoms with Crippen LogP contribution in [0.25, 0.3) is 0 Å². The molecule has 0 saturated heterocycles. The van der Waals surface area contributed by atoms with Crippen LogP contribution in [0.5, 0.6) is 11.5 Å². The summed E-state index contributed by atoms with van der Waals surface area (Å²) in [5.41, 5.74) is 0.516. The van der Waals surface area contributed by atoms with Gasteiger partial charge in [0.05, 0.1) is 2.74 Å². The zero-order valence-electron chi connectivity index (χ0n) is 16.1. The lowest BCUT2D eigenvalue weighted by atomic mass is 9.55. The minimum Gasteiger partial charge on any atom is -0.504 e. The average molecular weight is 290 g/mol. The smallest absolute Gasteiger partial charge is 0.160 e. The topological polar surface area (TPSA) is 57.5 Å². The van der Waals surface area contributed by atoms with Gasteiger partial charge in [-0.25, -0.2) is 0 Å². The van der Waals surface area contributed by atoms with Gasteiger partial charge in [0.15, 0.2) is 11.5 Å². The van der Waals surface area contributed by atoms with Crippen LogP contribution < -0.4 is 0 Å². The molecule has 2 N–H and O–H groups in total. The van der Waals surface area contributed by atoms with Gasteiger partial charge in [-0.15, -0.1) is 0 Å². The van der Waals surface area contributed by atoms with Gasteiger partial charge in [-0.05, 0) is 61.5 Å². The molecule has 0 spiro atoms. The number of phenols is 2. The van der Waals surface area contributed by atoms with Crippen LogP contribution in [0.1, 0.15) is 61.5 Å². The molecule has 0 aromatic heterocycles. The number of phenolic OH excluding ortho intramolecular Hbond substituents is 2. The number of hydrogen-bond acceptors (Lipinski definition) is 3. The third-order valence-electron chi connectivity index (χ3n) is 6.08. The number of fused-ring (bicyclic) bond motifs is 5. The lowest BCUT2D eigenvalue weighted by Gasteiger charge is -2.48. The summed E-state index contributed by atoms with van der Waals surface area (Å²) >= 11 is 0. The highest BCUT2D eigenvalue weighted by Gasteiger charge is 2.54. The van der Waals surface area contributed by atoms with Crippen molar-refractivity contribution in [3.63, 3.8) is 0 Å². The summed E-state index contributed by atoms with van der Waals surface area (Å²) in [7, 11) is 0. The van der Waals surface area contributed by atoms with E-state index in [1.165, 1.54) is 0 Å². The molecule has 3 heteroatoms. The number of Topliss-reactive ketones (excluding diaryl/α,β-unsaturated/α-hetero) is 1. The van der Waals surface area contributed by atoms with Gasteiger partial charge in [-0.2, -0.15) is 0 Å². The second-order valence-corrected chi connectivity index (χ2v) is 6.92. The lowest BCUT2D eigenvalue weighted by Crippen LogP contribution is -2.42. The number of rotatable bonds is 0. The number of aromatic hydroxyl groups is 2. The number of carbonyl (C=O) groups is 1. The summed E-state index contributed by atoms with van der Waals surface area (Å²) in [4.78, 5) is 12.6. The zero-order valence-corrected chi connectivity index (χ0v) is 12.1. The largest absolute Gasteiger partial charge is 0.504 e. The van der Waals surface area contributed by atoms with E-state index in [1.807, 2.05) is 6.92 Å². The molecule has 0 amide bonds. The van der Waals surface area contributed by atoms with Crippen molar-refractivity contribution in [3.05, 3.63) is 23.2 Å². The van der Waals surface area contributed by atoms with Crippen LogP contribution in [0, 0.1) is 17.3 Å². The molecular formula is C18H22O3. The number of hydrogen-bond donors (Lipinski definition) is 2. The predicted octanol–water partition coefficient (Wildman–Crippen LogP) is 3.52. The Kier molecular flexibility index (Phi) is 1.92. The first kappa shape index (κ1) is 9.50. The van der Waals surface area contributed by atoms with Gasteiger partial charge in [-0.3, -0.25) is 4.79 Å². The Morgan fingerprint density at radius 2 is 2.14 bits per heavy atom. The summed E-state index contributed by atoms with van der Waals surface area (Å²) in [6.07, 6.45) is 0.796. The zero-order chi connectivity index (χ0) is 18.3. The van der Waals surface area contributed by atoms with Crippen LogP contribution in [0.4, 0.5) is 0 Å². The molecule has 0 unspecified atom stereocenters. The number of ketones is 1. The van der Waals surface area contributed by atoms with Crippen LogP contribution in [0.3, 0.4) is 0 Å². The summed E-state index contributed by atoms with van der Waals surface area (Å²) in [6, 6.07) is -0.404. The molecule has 2 fully saturated rings. The normalized spacial score (nSPS) is 42.9. The first-order valence-corrected chi connectivity index (χ1v) is 7.68. The molecule has 4 rings (SSSR count). The molecular weight excluding hydrogens is 264 g/mol. The SMILES string of the molecule is [2H]c1c([2H])c2c(c(O)c1O)CC[C@@H]1[C@H]3CC([2H])([2H])C(=O)[C@]3(C)CC[C@@H]21. The van der Waals surface area contributed by atoms with Crippen LogP contribution in [0.15, 0.2) is 12.1 Å². The van der Waals surface area contributed by atoms with Gasteiger partial charge in [0.25, 0.3) is 0 Å². The molecule has 1 aromatic carbocycles. The molecule has 3 aliphatic rings. The fourth-order valence-electron chi connectivity index (χ4n) is 4.84. The molecule has 0 aliphatic heterocycles. The second kappa shape index (κ2) is 4.25. The Labute approximate surface area is 130 Å². The van der Waals surface area contributed by atoms with Crippen molar-refractivity contribution in [2.24, 2.45) is 17.3 Å². The Bertz CT molecular complexity index is 791. The molecule has 0 radical (unpaired) electrons. The van der Waals surface area contributed by atoms with Gasteiger partial charge >= 0.3 is 0 Å². The van der Waals surface area contributed by atoms with Crippen molar-refractivity contribution in [3.8, 4) is 11.5 Å². The fourth-order valence-corrected chi connectivity index (χ4v) is 4.84. The third kappa shape index (κ3) is 1.63. The van der Waals surface area contributed by atoms with E-state index in [1.54, 1.807) is 0 Å². The molecule has 3 nitrogen and oxygen atoms in total. The van der Waals surface area contributed by atoms with Crippen molar-refractivity contribution in [2.75, 3.05) is 0 Å². The van der Waals surface area contributed by atoms with Crippen molar-refractivity contribution < 1.29 is 20.5 Å². The molecule has 0 bridgehead atoms. The molecule has 2 saturated carbocycles. The first-order chi connectivity index (χ1) is 11.6. The van der Waals surface area contributed by atoms with Gasteiger partial charge in [0.1, 0.15) is 5.78 Å². The summed E-state index contributed by atoms with van der Waals surface area (Å²) in [5, 5.41) is 20.1. The van der Waals surface area contributed by atoms with E-state index in [0.29, 0.717) is 36.8 Å². The van der Waals surface area contributed by atoms with Crippen LogP contribution in [-0.4, -0.2) is 16.0 Å². The highest BCUT2D eigenvalue weighted by Crippen LogP contribution is 2.60. The number of benzene rings is 1. The van der Waals surface area contributed by atoms with Crippen molar-refractivity contribution in [1.29, 1.82) is 0 Å². The lowest BCUT2D eigenvalue weighted by molar-refractivity contribution is -0.129. The van der Waals surface area contributed by atoms with Gasteiger partial charge < -0.3 is 10.2 Å². The van der Waals surface area contributed by atoms with E-state index in [4.69, 9.17) is 5.48 Å². The predicted molar refractivity (Wildman–Crippen MR) is 79.4 cm³/mol. The average Bonchev–Trinajstić information content (AvgIpc) is 2.77. The van der Waals surface area contributed by atoms with E-state index in [2.05, 4.69) is 0 Å². The Balaban J connectivity index is 1.82. The van der Waals surface area contributed by atoms with Crippen molar-refractivity contribution >= 4 is 5.78 Å². The maximum Gasteiger partial charge on any atom is 0.160 e. The van der Waals surface area contributed by atoms with Gasteiger partial charge in [0, 0.05) is 20.1 Å². The summed E-state index contributed by atoms with van der Waals surface area (Å²) < 4.78 is 32.3. The quantitative estimate of drug-likeness (QED) is 0.719. The van der Waals surface area contributed by atoms with E-state index in [0.717, 1.165) is 0 Å². The highest BCUT2D eigenvalue weighted by atomic mass is 16.3. The molecule has 112 valence electrons. The molecule has 21 heavy (non-hydrogen) atoms. The minimum absolute atomic E-state index is 0.0454. The summed E-state index contributed by atoms with van der Waals surface area (Å²) in [5.74, 6) is -1.19. The molecule has 4 atom stereocenters. The second-order valence-electron chi connectivity index (χ2n) is 6.92. The van der Waals surface area contributed by atoms with Crippen LogP contribution in [-0.2, 0) is 11.2 Å².